The molecule has 0 aliphatic rings. The number of hydrogen-bond donors (Lipinski definition) is 3. The first-order chi connectivity index (χ1) is 17.9. The number of hydrogen-bond acceptors (Lipinski definition) is 10. The third-order valence-electron chi connectivity index (χ3n) is 6.05. The van der Waals surface area contributed by atoms with E-state index >= 15 is 0 Å². The Morgan fingerprint density at radius 3 is 2.55 bits per heavy atom. The molecule has 1 atom stereocenters. The maximum Gasteiger partial charge on any atom is 0.320 e. The Balaban J connectivity index is 1.70. The van der Waals surface area contributed by atoms with Gasteiger partial charge in [0.05, 0.1) is 26.0 Å². The van der Waals surface area contributed by atoms with E-state index in [1.807, 2.05) is 32.0 Å². The summed E-state index contributed by atoms with van der Waals surface area (Å²) in [7, 11) is -3.82. The largest absolute Gasteiger partial charge is 0.491 e. The monoisotopic (exact) mass is 557 g/mol. The molecule has 0 bridgehead atoms. The minimum absolute atomic E-state index is 0.0175. The van der Waals surface area contributed by atoms with Gasteiger partial charge in [-0.25, -0.2) is 23.4 Å². The predicted octanol–water partition coefficient (Wildman–Crippen LogP) is 4.63. The highest BCUT2D eigenvalue weighted by Gasteiger charge is 2.34. The molecule has 0 radical (unpaired) electrons. The number of rotatable bonds is 10. The quantitative estimate of drug-likeness (QED) is 0.236. The summed E-state index contributed by atoms with van der Waals surface area (Å²) in [6.07, 6.45) is 1.40. The average Bonchev–Trinajstić information content (AvgIpc) is 3.30. The Kier molecular flexibility index (Phi) is 7.86. The molecule has 38 heavy (non-hydrogen) atoms. The minimum Gasteiger partial charge on any atom is -0.491 e. The van der Waals surface area contributed by atoms with Gasteiger partial charge in [-0.15, -0.1) is 11.3 Å². The third-order valence-corrected chi connectivity index (χ3v) is 9.37. The van der Waals surface area contributed by atoms with E-state index in [2.05, 4.69) is 25.6 Å². The Morgan fingerprint density at radius 2 is 1.87 bits per heavy atom. The fourth-order valence-corrected chi connectivity index (χ4v) is 5.85. The van der Waals surface area contributed by atoms with E-state index in [1.54, 1.807) is 43.7 Å². The third kappa shape index (κ3) is 5.71. The van der Waals surface area contributed by atoms with Gasteiger partial charge in [0.2, 0.25) is 0 Å². The summed E-state index contributed by atoms with van der Waals surface area (Å²) in [5.41, 5.74) is 3.88. The zero-order chi connectivity index (χ0) is 27.7. The van der Waals surface area contributed by atoms with E-state index in [0.717, 1.165) is 15.9 Å². The van der Waals surface area contributed by atoms with Gasteiger partial charge in [0.15, 0.2) is 9.84 Å². The number of nitrogens with one attached hydrogen (secondary N) is 2. The van der Waals surface area contributed by atoms with Gasteiger partial charge >= 0.3 is 5.97 Å². The number of carbonyl (C=O) groups is 1. The number of nitrogens with zero attached hydrogens (tertiary/aromatic N) is 3. The van der Waals surface area contributed by atoms with Crippen LogP contribution in [0.25, 0.3) is 21.1 Å². The van der Waals surface area contributed by atoms with Crippen LogP contribution in [-0.4, -0.2) is 58.4 Å². The lowest BCUT2D eigenvalue weighted by Gasteiger charge is -2.23. The number of carboxylic acids is 1. The van der Waals surface area contributed by atoms with E-state index in [1.165, 1.54) is 12.4 Å². The predicted molar refractivity (Wildman–Crippen MR) is 149 cm³/mol. The lowest BCUT2D eigenvalue weighted by molar-refractivity contribution is -0.140. The molecule has 4 rings (SSSR count). The summed E-state index contributed by atoms with van der Waals surface area (Å²) in [6.45, 7) is 8.79. The molecule has 12 heteroatoms. The Hall–Kier alpha value is -3.35. The van der Waals surface area contributed by atoms with Gasteiger partial charge < -0.3 is 20.5 Å². The molecule has 0 saturated carbocycles. The fourth-order valence-electron chi connectivity index (χ4n) is 3.87. The summed E-state index contributed by atoms with van der Waals surface area (Å²) in [5.74, 6) is -0.472. The smallest absolute Gasteiger partial charge is 0.320 e. The summed E-state index contributed by atoms with van der Waals surface area (Å²) in [6, 6.07) is 8.16. The van der Waals surface area contributed by atoms with Crippen LogP contribution in [0.5, 0.6) is 5.75 Å². The summed E-state index contributed by atoms with van der Waals surface area (Å²) in [5, 5.41) is 16.1. The maximum absolute atomic E-state index is 13.6. The zero-order valence-electron chi connectivity index (χ0n) is 21.8. The highest BCUT2D eigenvalue weighted by Crippen LogP contribution is 2.37. The number of sulfone groups is 1. The number of aliphatic carboxylic acids is 1. The number of carboxylic acid groups (broad SMARTS) is 1. The van der Waals surface area contributed by atoms with Crippen LogP contribution in [0.3, 0.4) is 0 Å². The van der Waals surface area contributed by atoms with Crippen LogP contribution < -0.4 is 15.4 Å². The number of ether oxygens (including phenoxy) is 1. The molecule has 0 saturated heterocycles. The molecule has 0 spiro atoms. The summed E-state index contributed by atoms with van der Waals surface area (Å²) >= 11 is 1.55. The standard InChI is InChI=1S/C26H31N5O5S2/c1-15(2)23(25(32)33)27-8-9-36-20-12-18-17(11-22(20)38(34,35)26(3,4)5)24(29-13-28-18)31-16-6-7-21-19(10-16)30-14-37-21/h6-7,10-15,23,27H,8-9H2,1-5H3,(H,32,33)(H,28,29,31). The number of thiazole rings is 1. The van der Waals surface area contributed by atoms with Crippen molar-refractivity contribution in [2.24, 2.45) is 5.92 Å². The summed E-state index contributed by atoms with van der Waals surface area (Å²) < 4.78 is 33.0. The number of benzene rings is 2. The zero-order valence-corrected chi connectivity index (χ0v) is 23.5. The van der Waals surface area contributed by atoms with Gasteiger partial charge in [-0.3, -0.25) is 4.79 Å². The molecule has 0 aliphatic heterocycles. The Morgan fingerprint density at radius 1 is 1.11 bits per heavy atom. The molecule has 2 aromatic heterocycles. The molecule has 202 valence electrons. The van der Waals surface area contributed by atoms with Crippen molar-refractivity contribution in [3.05, 3.63) is 42.2 Å². The lowest BCUT2D eigenvalue weighted by Crippen LogP contribution is -2.42. The normalized spacial score (nSPS) is 13.2. The summed E-state index contributed by atoms with van der Waals surface area (Å²) in [4.78, 5) is 24.5. The molecule has 0 aliphatic carbocycles. The van der Waals surface area contributed by atoms with Gasteiger partial charge in [0.25, 0.3) is 0 Å². The number of fused-ring (bicyclic) bond motifs is 2. The second kappa shape index (κ2) is 10.8. The number of anilines is 2. The van der Waals surface area contributed by atoms with E-state index in [9.17, 15) is 18.3 Å². The van der Waals surface area contributed by atoms with Gasteiger partial charge in [0.1, 0.15) is 35.4 Å². The first-order valence-electron chi connectivity index (χ1n) is 12.1. The maximum atomic E-state index is 13.6. The van der Waals surface area contributed by atoms with Crippen LogP contribution in [-0.2, 0) is 14.6 Å². The van der Waals surface area contributed by atoms with Crippen LogP contribution in [0.1, 0.15) is 34.6 Å². The Bertz CT molecular complexity index is 1580. The van der Waals surface area contributed by atoms with Crippen LogP contribution in [0.4, 0.5) is 11.5 Å². The van der Waals surface area contributed by atoms with Crippen molar-refractivity contribution in [2.45, 2.75) is 50.3 Å². The molecule has 0 amide bonds. The molecular formula is C26H31N5O5S2. The van der Waals surface area contributed by atoms with Gasteiger partial charge in [-0.1, -0.05) is 13.8 Å². The highest BCUT2D eigenvalue weighted by atomic mass is 32.2. The first kappa shape index (κ1) is 27.7. The van der Waals surface area contributed by atoms with Crippen molar-refractivity contribution in [1.82, 2.24) is 20.3 Å². The van der Waals surface area contributed by atoms with Crippen molar-refractivity contribution in [1.29, 1.82) is 0 Å². The van der Waals surface area contributed by atoms with Crippen LogP contribution in [0.15, 0.2) is 47.1 Å². The average molecular weight is 558 g/mol. The van der Waals surface area contributed by atoms with Gasteiger partial charge in [0, 0.05) is 23.7 Å². The topological polar surface area (TPSA) is 143 Å². The molecule has 10 nitrogen and oxygen atoms in total. The molecule has 1 unspecified atom stereocenters. The van der Waals surface area contributed by atoms with Crippen LogP contribution >= 0.6 is 11.3 Å². The highest BCUT2D eigenvalue weighted by molar-refractivity contribution is 7.92. The molecule has 2 heterocycles. The van der Waals surface area contributed by atoms with Crippen LogP contribution in [0.2, 0.25) is 0 Å². The second-order valence-corrected chi connectivity index (χ2v) is 13.7. The molecule has 0 fully saturated rings. The number of aromatic nitrogens is 3. The van der Waals surface area contributed by atoms with Crippen molar-refractivity contribution in [3.8, 4) is 5.75 Å². The van der Waals surface area contributed by atoms with Crippen molar-refractivity contribution >= 4 is 59.8 Å². The molecule has 2 aromatic carbocycles. The van der Waals surface area contributed by atoms with Crippen molar-refractivity contribution < 1.29 is 23.1 Å². The van der Waals surface area contributed by atoms with E-state index in [0.29, 0.717) is 16.7 Å². The second-order valence-electron chi connectivity index (χ2n) is 10.2. The SMILES string of the molecule is CC(C)C(NCCOc1cc2ncnc(Nc3ccc4scnc4c3)c2cc1S(=O)(=O)C(C)(C)C)C(=O)O. The van der Waals surface area contributed by atoms with Gasteiger partial charge in [-0.05, 0) is 51.0 Å². The van der Waals surface area contributed by atoms with Crippen LogP contribution in [0, 0.1) is 5.92 Å². The molecular weight excluding hydrogens is 526 g/mol. The fraction of sp³-hybridized carbons (Fsp3) is 0.385. The lowest BCUT2D eigenvalue weighted by atomic mass is 10.1. The van der Waals surface area contributed by atoms with E-state index in [4.69, 9.17) is 4.74 Å². The molecule has 4 aromatic rings. The van der Waals surface area contributed by atoms with E-state index in [-0.39, 0.29) is 29.7 Å². The van der Waals surface area contributed by atoms with E-state index < -0.39 is 26.6 Å². The van der Waals surface area contributed by atoms with Crippen molar-refractivity contribution in [2.75, 3.05) is 18.5 Å². The van der Waals surface area contributed by atoms with Gasteiger partial charge in [-0.2, -0.15) is 0 Å². The molecule has 3 N–H and O–H groups in total. The Labute approximate surface area is 225 Å². The minimum atomic E-state index is -3.82. The van der Waals surface area contributed by atoms with Crippen molar-refractivity contribution in [3.63, 3.8) is 0 Å². The first-order valence-corrected chi connectivity index (χ1v) is 14.5.